The Hall–Kier alpha value is -1.30. The summed E-state index contributed by atoms with van der Waals surface area (Å²) in [6.45, 7) is 7.94. The van der Waals surface area contributed by atoms with Crippen LogP contribution in [0.2, 0.25) is 0 Å². The largest absolute Gasteiger partial charge is 0.478 e. The van der Waals surface area contributed by atoms with Gasteiger partial charge in [0.05, 0.1) is 6.61 Å². The van der Waals surface area contributed by atoms with Crippen LogP contribution in [0.5, 0.6) is 5.88 Å². The molecule has 0 spiro atoms. The lowest BCUT2D eigenvalue weighted by Gasteiger charge is -2.34. The van der Waals surface area contributed by atoms with Gasteiger partial charge in [-0.2, -0.15) is 0 Å². The lowest BCUT2D eigenvalue weighted by molar-refractivity contribution is 0.0159. The summed E-state index contributed by atoms with van der Waals surface area (Å²) < 4.78 is 12.1. The van der Waals surface area contributed by atoms with E-state index in [1.807, 2.05) is 37.8 Å². The Morgan fingerprint density at radius 1 is 1.42 bits per heavy atom. The summed E-state index contributed by atoms with van der Waals surface area (Å²) in [6.07, 6.45) is 5.76. The monoisotopic (exact) mass is 398 g/mol. The predicted molar refractivity (Wildman–Crippen MR) is 97.2 cm³/mol. The average molecular weight is 399 g/mol. The van der Waals surface area contributed by atoms with Crippen molar-refractivity contribution in [2.75, 3.05) is 19.7 Å². The summed E-state index contributed by atoms with van der Waals surface area (Å²) in [5.41, 5.74) is -0.435. The van der Waals surface area contributed by atoms with Crippen molar-refractivity contribution in [1.29, 1.82) is 0 Å². The molecule has 0 aliphatic carbocycles. The molecule has 1 unspecified atom stereocenters. The minimum atomic E-state index is -0.435. The molecule has 24 heavy (non-hydrogen) atoms. The van der Waals surface area contributed by atoms with Gasteiger partial charge in [-0.05, 0) is 74.4 Å². The first-order chi connectivity index (χ1) is 11.3. The molecule has 1 aromatic heterocycles. The van der Waals surface area contributed by atoms with Crippen LogP contribution in [0.4, 0.5) is 4.79 Å². The smallest absolute Gasteiger partial charge is 0.410 e. The molecule has 0 N–H and O–H groups in total. The van der Waals surface area contributed by atoms with E-state index in [9.17, 15) is 4.79 Å². The molecule has 0 radical (unpaired) electrons. The second-order valence-corrected chi connectivity index (χ2v) is 8.16. The van der Waals surface area contributed by atoms with Crippen molar-refractivity contribution in [1.82, 2.24) is 9.88 Å². The van der Waals surface area contributed by atoms with Crippen LogP contribution < -0.4 is 4.74 Å². The molecule has 2 rings (SSSR count). The SMILES string of the molecule is CC(C)(C)OC(=O)N1CCCC(CCCOc2ccc(Br)cn2)C1. The maximum absolute atomic E-state index is 12.2. The van der Waals surface area contributed by atoms with Crippen LogP contribution in [0.15, 0.2) is 22.8 Å². The van der Waals surface area contributed by atoms with Crippen molar-refractivity contribution in [2.24, 2.45) is 5.92 Å². The zero-order valence-electron chi connectivity index (χ0n) is 14.8. The van der Waals surface area contributed by atoms with E-state index >= 15 is 0 Å². The molecule has 1 aliphatic rings. The van der Waals surface area contributed by atoms with Gasteiger partial charge in [-0.1, -0.05) is 0 Å². The Bertz CT molecular complexity index is 528. The molecule has 134 valence electrons. The van der Waals surface area contributed by atoms with Crippen molar-refractivity contribution >= 4 is 22.0 Å². The topological polar surface area (TPSA) is 51.7 Å². The van der Waals surface area contributed by atoms with Crippen LogP contribution in [-0.2, 0) is 4.74 Å². The van der Waals surface area contributed by atoms with Crippen LogP contribution in [0, 0.1) is 5.92 Å². The Balaban J connectivity index is 1.69. The van der Waals surface area contributed by atoms with E-state index in [-0.39, 0.29) is 6.09 Å². The lowest BCUT2D eigenvalue weighted by Crippen LogP contribution is -2.42. The lowest BCUT2D eigenvalue weighted by atomic mass is 9.94. The number of likely N-dealkylation sites (tertiary alicyclic amines) is 1. The van der Waals surface area contributed by atoms with Crippen LogP contribution in [0.1, 0.15) is 46.5 Å². The average Bonchev–Trinajstić information content (AvgIpc) is 2.52. The van der Waals surface area contributed by atoms with Gasteiger partial charge in [0, 0.05) is 29.8 Å². The summed E-state index contributed by atoms with van der Waals surface area (Å²) in [5, 5.41) is 0. The number of carbonyl (C=O) groups excluding carboxylic acids is 1. The van der Waals surface area contributed by atoms with E-state index in [0.29, 0.717) is 18.4 Å². The third-order valence-corrected chi connectivity index (χ3v) is 4.35. The number of ether oxygens (including phenoxy) is 2. The highest BCUT2D eigenvalue weighted by atomic mass is 79.9. The Kier molecular flexibility index (Phi) is 6.90. The molecule has 0 saturated carbocycles. The maximum Gasteiger partial charge on any atom is 0.410 e. The molecule has 5 nitrogen and oxygen atoms in total. The maximum atomic E-state index is 12.2. The fourth-order valence-electron chi connectivity index (χ4n) is 2.79. The van der Waals surface area contributed by atoms with Gasteiger partial charge in [0.25, 0.3) is 0 Å². The summed E-state index contributed by atoms with van der Waals surface area (Å²) >= 11 is 3.35. The molecule has 1 amide bonds. The number of hydrogen-bond donors (Lipinski definition) is 0. The number of aromatic nitrogens is 1. The third kappa shape index (κ3) is 6.67. The third-order valence-electron chi connectivity index (χ3n) is 3.88. The van der Waals surface area contributed by atoms with Gasteiger partial charge in [-0.3, -0.25) is 0 Å². The molecule has 1 saturated heterocycles. The van der Waals surface area contributed by atoms with Gasteiger partial charge >= 0.3 is 6.09 Å². The summed E-state index contributed by atoms with van der Waals surface area (Å²) in [4.78, 5) is 18.2. The number of piperidine rings is 1. The fourth-order valence-corrected chi connectivity index (χ4v) is 3.02. The summed E-state index contributed by atoms with van der Waals surface area (Å²) in [7, 11) is 0. The van der Waals surface area contributed by atoms with E-state index in [4.69, 9.17) is 9.47 Å². The molecular formula is C18H27BrN2O3. The van der Waals surface area contributed by atoms with Crippen LogP contribution in [0.25, 0.3) is 0 Å². The zero-order valence-corrected chi connectivity index (χ0v) is 16.3. The second-order valence-electron chi connectivity index (χ2n) is 7.24. The van der Waals surface area contributed by atoms with Gasteiger partial charge in [0.1, 0.15) is 5.60 Å². The quantitative estimate of drug-likeness (QED) is 0.677. The second kappa shape index (κ2) is 8.70. The van der Waals surface area contributed by atoms with Gasteiger partial charge in [-0.15, -0.1) is 0 Å². The van der Waals surface area contributed by atoms with E-state index in [1.54, 1.807) is 6.20 Å². The highest BCUT2D eigenvalue weighted by Crippen LogP contribution is 2.23. The number of pyridine rings is 1. The number of amides is 1. The zero-order chi connectivity index (χ0) is 17.6. The first kappa shape index (κ1) is 19.0. The van der Waals surface area contributed by atoms with Crippen molar-refractivity contribution in [3.05, 3.63) is 22.8 Å². The number of halogens is 1. The van der Waals surface area contributed by atoms with Crippen molar-refractivity contribution in [3.8, 4) is 5.88 Å². The summed E-state index contributed by atoms with van der Waals surface area (Å²) in [5.74, 6) is 1.17. The minimum Gasteiger partial charge on any atom is -0.478 e. The van der Waals surface area contributed by atoms with Gasteiger partial charge in [-0.25, -0.2) is 9.78 Å². The van der Waals surface area contributed by atoms with Crippen molar-refractivity contribution in [2.45, 2.75) is 52.1 Å². The van der Waals surface area contributed by atoms with Gasteiger partial charge < -0.3 is 14.4 Å². The normalized spacial score (nSPS) is 18.3. The molecule has 0 bridgehead atoms. The number of carbonyl (C=O) groups is 1. The minimum absolute atomic E-state index is 0.192. The highest BCUT2D eigenvalue weighted by Gasteiger charge is 2.27. The number of rotatable bonds is 5. The Morgan fingerprint density at radius 3 is 2.88 bits per heavy atom. The first-order valence-electron chi connectivity index (χ1n) is 8.56. The summed E-state index contributed by atoms with van der Waals surface area (Å²) in [6, 6.07) is 3.77. The van der Waals surface area contributed by atoms with Gasteiger partial charge in [0.15, 0.2) is 0 Å². The number of hydrogen-bond acceptors (Lipinski definition) is 4. The molecule has 1 fully saturated rings. The van der Waals surface area contributed by atoms with Crippen LogP contribution in [0.3, 0.4) is 0 Å². The predicted octanol–water partition coefficient (Wildman–Crippen LogP) is 4.65. The molecule has 2 heterocycles. The molecular weight excluding hydrogens is 372 g/mol. The molecule has 6 heteroatoms. The molecule has 0 aromatic carbocycles. The Morgan fingerprint density at radius 2 is 2.21 bits per heavy atom. The van der Waals surface area contributed by atoms with Crippen molar-refractivity contribution < 1.29 is 14.3 Å². The molecule has 1 aliphatic heterocycles. The van der Waals surface area contributed by atoms with E-state index in [0.717, 1.165) is 43.2 Å². The van der Waals surface area contributed by atoms with Crippen LogP contribution >= 0.6 is 15.9 Å². The molecule has 1 aromatic rings. The van der Waals surface area contributed by atoms with E-state index in [1.165, 1.54) is 0 Å². The van der Waals surface area contributed by atoms with E-state index in [2.05, 4.69) is 20.9 Å². The number of nitrogens with zero attached hydrogens (tertiary/aromatic N) is 2. The highest BCUT2D eigenvalue weighted by molar-refractivity contribution is 9.10. The molecule has 1 atom stereocenters. The van der Waals surface area contributed by atoms with E-state index < -0.39 is 5.60 Å². The van der Waals surface area contributed by atoms with Crippen LogP contribution in [-0.4, -0.2) is 41.3 Å². The Labute approximate surface area is 152 Å². The standard InChI is InChI=1S/C18H27BrN2O3/c1-18(2,3)24-17(22)21-10-4-6-14(13-21)7-5-11-23-16-9-8-15(19)12-20-16/h8-9,12,14H,4-7,10-11,13H2,1-3H3. The van der Waals surface area contributed by atoms with Gasteiger partial charge in [0.2, 0.25) is 5.88 Å². The fraction of sp³-hybridized carbons (Fsp3) is 0.667. The first-order valence-corrected chi connectivity index (χ1v) is 9.35. The van der Waals surface area contributed by atoms with Crippen molar-refractivity contribution in [3.63, 3.8) is 0 Å².